The van der Waals surface area contributed by atoms with Crippen LogP contribution in [-0.2, 0) is 11.8 Å². The van der Waals surface area contributed by atoms with E-state index < -0.39 is 6.04 Å². The minimum atomic E-state index is -0.475. The molecular weight excluding hydrogens is 399 g/mol. The van der Waals surface area contributed by atoms with Crippen molar-refractivity contribution in [3.05, 3.63) is 87.9 Å². The highest BCUT2D eigenvalue weighted by Crippen LogP contribution is 2.22. The average Bonchev–Trinajstić information content (AvgIpc) is 3.11. The summed E-state index contributed by atoms with van der Waals surface area (Å²) in [5.74, 6) is -0.0307. The number of amides is 2. The number of rotatable bonds is 6. The Labute approximate surface area is 172 Å². The van der Waals surface area contributed by atoms with Gasteiger partial charge in [-0.25, -0.2) is 4.98 Å². The Kier molecular flexibility index (Phi) is 6.34. The zero-order valence-corrected chi connectivity index (χ0v) is 16.5. The first kappa shape index (κ1) is 19.9. The molecule has 6 nitrogen and oxygen atoms in total. The molecule has 0 spiro atoms. The zero-order valence-electron chi connectivity index (χ0n) is 15.0. The summed E-state index contributed by atoms with van der Waals surface area (Å²) in [6.45, 7) is -0.171. The van der Waals surface area contributed by atoms with Gasteiger partial charge in [-0.1, -0.05) is 35.3 Å². The van der Waals surface area contributed by atoms with Gasteiger partial charge < -0.3 is 15.2 Å². The predicted molar refractivity (Wildman–Crippen MR) is 108 cm³/mol. The molecule has 0 aliphatic rings. The maximum Gasteiger partial charge on any atom is 0.251 e. The lowest BCUT2D eigenvalue weighted by Gasteiger charge is -2.19. The molecule has 1 atom stereocenters. The zero-order chi connectivity index (χ0) is 20.1. The van der Waals surface area contributed by atoms with Crippen LogP contribution in [0.4, 0.5) is 0 Å². The van der Waals surface area contributed by atoms with Gasteiger partial charge in [-0.2, -0.15) is 0 Å². The molecular formula is C20H18Cl2N4O2. The van der Waals surface area contributed by atoms with Crippen molar-refractivity contribution in [2.75, 3.05) is 6.54 Å². The summed E-state index contributed by atoms with van der Waals surface area (Å²) < 4.78 is 1.83. The third-order valence-electron chi connectivity index (χ3n) is 4.14. The van der Waals surface area contributed by atoms with Gasteiger partial charge in [0.1, 0.15) is 11.9 Å². The third kappa shape index (κ3) is 4.91. The van der Waals surface area contributed by atoms with E-state index >= 15 is 0 Å². The lowest BCUT2D eigenvalue weighted by Crippen LogP contribution is -2.39. The smallest absolute Gasteiger partial charge is 0.251 e. The summed E-state index contributed by atoms with van der Waals surface area (Å²) in [6, 6.07) is 13.1. The van der Waals surface area contributed by atoms with Crippen LogP contribution in [0.15, 0.2) is 60.9 Å². The molecule has 8 heteroatoms. The van der Waals surface area contributed by atoms with Crippen LogP contribution in [0.3, 0.4) is 0 Å². The van der Waals surface area contributed by atoms with Crippen molar-refractivity contribution in [2.24, 2.45) is 7.05 Å². The number of imidazole rings is 1. The van der Waals surface area contributed by atoms with Crippen molar-refractivity contribution in [3.63, 3.8) is 0 Å². The maximum absolute atomic E-state index is 12.5. The van der Waals surface area contributed by atoms with E-state index in [0.29, 0.717) is 21.4 Å². The Morgan fingerprint density at radius 3 is 2.21 bits per heavy atom. The monoisotopic (exact) mass is 416 g/mol. The second-order valence-electron chi connectivity index (χ2n) is 6.14. The Morgan fingerprint density at radius 2 is 1.64 bits per heavy atom. The summed E-state index contributed by atoms with van der Waals surface area (Å²) in [7, 11) is 1.85. The lowest BCUT2D eigenvalue weighted by molar-refractivity contribution is -0.120. The van der Waals surface area contributed by atoms with Crippen molar-refractivity contribution < 1.29 is 9.59 Å². The van der Waals surface area contributed by atoms with Crippen LogP contribution >= 0.6 is 23.2 Å². The number of hydrogen-bond acceptors (Lipinski definition) is 3. The largest absolute Gasteiger partial charge is 0.343 e. The molecule has 28 heavy (non-hydrogen) atoms. The first-order valence-corrected chi connectivity index (χ1v) is 9.25. The molecule has 3 aromatic rings. The molecule has 0 aliphatic heterocycles. The van der Waals surface area contributed by atoms with Gasteiger partial charge in [0.05, 0.1) is 6.54 Å². The van der Waals surface area contributed by atoms with Crippen LogP contribution < -0.4 is 10.6 Å². The summed E-state index contributed by atoms with van der Waals surface area (Å²) >= 11 is 11.8. The van der Waals surface area contributed by atoms with E-state index in [-0.39, 0.29) is 18.4 Å². The second-order valence-corrected chi connectivity index (χ2v) is 7.01. The molecule has 2 N–H and O–H groups in total. The second kappa shape index (κ2) is 8.91. The number of benzene rings is 2. The fraction of sp³-hybridized carbons (Fsp3) is 0.150. The number of aromatic nitrogens is 2. The number of nitrogens with zero attached hydrogens (tertiary/aromatic N) is 2. The number of hydrogen-bond donors (Lipinski definition) is 2. The number of nitrogens with one attached hydrogen (secondary N) is 2. The van der Waals surface area contributed by atoms with Gasteiger partial charge in [-0.05, 0) is 42.0 Å². The topological polar surface area (TPSA) is 76.0 Å². The van der Waals surface area contributed by atoms with Gasteiger partial charge in [-0.3, -0.25) is 9.59 Å². The van der Waals surface area contributed by atoms with Crippen molar-refractivity contribution in [1.82, 2.24) is 20.2 Å². The Morgan fingerprint density at radius 1 is 1.04 bits per heavy atom. The molecule has 0 unspecified atom stereocenters. The number of carbonyl (C=O) groups excluding carboxylic acids is 2. The predicted octanol–water partition coefficient (Wildman–Crippen LogP) is 3.36. The van der Waals surface area contributed by atoms with Crippen LogP contribution in [0.1, 0.15) is 27.8 Å². The van der Waals surface area contributed by atoms with Gasteiger partial charge in [0.15, 0.2) is 0 Å². The Bertz CT molecular complexity index is 969. The van der Waals surface area contributed by atoms with Gasteiger partial charge >= 0.3 is 0 Å². The number of aryl methyl sites for hydroxylation is 1. The Balaban J connectivity index is 1.69. The van der Waals surface area contributed by atoms with Crippen LogP contribution in [0.25, 0.3) is 0 Å². The number of carbonyl (C=O) groups is 2. The number of halogens is 2. The first-order chi connectivity index (χ1) is 13.4. The molecule has 0 bridgehead atoms. The van der Waals surface area contributed by atoms with E-state index in [1.807, 2.05) is 23.7 Å². The molecule has 2 aromatic carbocycles. The summed E-state index contributed by atoms with van der Waals surface area (Å²) in [5.41, 5.74) is 1.26. The fourth-order valence-corrected chi connectivity index (χ4v) is 2.94. The summed E-state index contributed by atoms with van der Waals surface area (Å²) in [6.07, 6.45) is 3.46. The Hall–Kier alpha value is -2.83. The first-order valence-electron chi connectivity index (χ1n) is 8.50. The summed E-state index contributed by atoms with van der Waals surface area (Å²) in [5, 5.41) is 6.65. The standard InChI is InChI=1S/C20H18Cl2N4O2/c1-26-11-10-23-19(26)18(13-2-6-15(21)7-3-13)25-17(27)12-24-20(28)14-4-8-16(22)9-5-14/h2-11,18H,12H2,1H3,(H,24,28)(H,25,27)/t18-/m1/s1. The lowest BCUT2D eigenvalue weighted by atomic mass is 10.1. The normalized spacial score (nSPS) is 11.7. The molecule has 0 saturated heterocycles. The molecule has 2 amide bonds. The highest BCUT2D eigenvalue weighted by Gasteiger charge is 2.21. The van der Waals surface area contributed by atoms with Crippen molar-refractivity contribution >= 4 is 35.0 Å². The van der Waals surface area contributed by atoms with Crippen LogP contribution in [-0.4, -0.2) is 27.9 Å². The molecule has 144 valence electrons. The van der Waals surface area contributed by atoms with Gasteiger partial charge in [0.25, 0.3) is 5.91 Å². The van der Waals surface area contributed by atoms with Crippen LogP contribution in [0.2, 0.25) is 10.0 Å². The van der Waals surface area contributed by atoms with Crippen LogP contribution in [0.5, 0.6) is 0 Å². The molecule has 0 saturated carbocycles. The van der Waals surface area contributed by atoms with E-state index in [2.05, 4.69) is 15.6 Å². The summed E-state index contributed by atoms with van der Waals surface area (Å²) in [4.78, 5) is 29.0. The van der Waals surface area contributed by atoms with Crippen molar-refractivity contribution in [3.8, 4) is 0 Å². The minimum absolute atomic E-state index is 0.171. The molecule has 1 aromatic heterocycles. The molecule has 1 heterocycles. The third-order valence-corrected chi connectivity index (χ3v) is 4.65. The van der Waals surface area contributed by atoms with E-state index in [9.17, 15) is 9.59 Å². The molecule has 0 aliphatic carbocycles. The van der Waals surface area contributed by atoms with Crippen molar-refractivity contribution in [2.45, 2.75) is 6.04 Å². The van der Waals surface area contributed by atoms with Gasteiger partial charge in [-0.15, -0.1) is 0 Å². The van der Waals surface area contributed by atoms with E-state index in [4.69, 9.17) is 23.2 Å². The highest BCUT2D eigenvalue weighted by atomic mass is 35.5. The maximum atomic E-state index is 12.5. The molecule has 0 fully saturated rings. The quantitative estimate of drug-likeness (QED) is 0.646. The molecule has 0 radical (unpaired) electrons. The highest BCUT2D eigenvalue weighted by molar-refractivity contribution is 6.30. The van der Waals surface area contributed by atoms with E-state index in [1.54, 1.807) is 48.8 Å². The van der Waals surface area contributed by atoms with E-state index in [0.717, 1.165) is 5.56 Å². The fourth-order valence-electron chi connectivity index (χ4n) is 2.68. The SMILES string of the molecule is Cn1ccnc1[C@H](NC(=O)CNC(=O)c1ccc(Cl)cc1)c1ccc(Cl)cc1. The average molecular weight is 417 g/mol. The van der Waals surface area contributed by atoms with Gasteiger partial charge in [0, 0.05) is 35.1 Å². The minimum Gasteiger partial charge on any atom is -0.343 e. The molecule has 3 rings (SSSR count). The van der Waals surface area contributed by atoms with E-state index in [1.165, 1.54) is 0 Å². The van der Waals surface area contributed by atoms with Crippen molar-refractivity contribution in [1.29, 1.82) is 0 Å². The van der Waals surface area contributed by atoms with Crippen LogP contribution in [0, 0.1) is 0 Å². The van der Waals surface area contributed by atoms with Gasteiger partial charge in [0.2, 0.25) is 5.91 Å².